The fraction of sp³-hybridized carbons (Fsp3) is 0.176. The van der Waals surface area contributed by atoms with Gasteiger partial charge in [0, 0.05) is 6.54 Å². The molecule has 1 amide bonds. The predicted octanol–water partition coefficient (Wildman–Crippen LogP) is 3.06. The van der Waals surface area contributed by atoms with Crippen molar-refractivity contribution in [2.45, 2.75) is 0 Å². The molecule has 5 nitrogen and oxygen atoms in total. The Labute approximate surface area is 139 Å². The van der Waals surface area contributed by atoms with Gasteiger partial charge in [-0.05, 0) is 35.5 Å². The smallest absolute Gasteiger partial charge is 0.267 e. The molecule has 1 saturated heterocycles. The first-order valence-corrected chi connectivity index (χ1v) is 7.92. The van der Waals surface area contributed by atoms with E-state index in [1.807, 2.05) is 24.3 Å². The number of carbonyl (C=O) groups is 1. The zero-order chi connectivity index (χ0) is 16.2. The van der Waals surface area contributed by atoms with Crippen molar-refractivity contribution >= 4 is 28.9 Å². The quantitative estimate of drug-likeness (QED) is 0.616. The topological polar surface area (TPSA) is 51.1 Å². The average molecular weight is 328 g/mol. The van der Waals surface area contributed by atoms with Crippen LogP contribution in [0.3, 0.4) is 0 Å². The number of rotatable bonds is 5. The Kier molecular flexibility index (Phi) is 4.52. The number of amides is 1. The Bertz CT molecular complexity index is 725. The third-order valence-electron chi connectivity index (χ3n) is 3.25. The van der Waals surface area contributed by atoms with Gasteiger partial charge in [-0.2, -0.15) is 0 Å². The number of amidine groups is 1. The van der Waals surface area contributed by atoms with Crippen LogP contribution >= 0.6 is 11.8 Å². The number of carbonyl (C=O) groups excluding carboxylic acids is 1. The maximum Gasteiger partial charge on any atom is 0.267 e. The Morgan fingerprint density at radius 2 is 2.09 bits per heavy atom. The van der Waals surface area contributed by atoms with Crippen LogP contribution in [0.2, 0.25) is 0 Å². The first-order chi connectivity index (χ1) is 11.2. The highest BCUT2D eigenvalue weighted by Gasteiger charge is 2.32. The summed E-state index contributed by atoms with van der Waals surface area (Å²) < 4.78 is 10.7. The number of aliphatic imine (C=N–C) groups is 1. The molecule has 0 atom stereocenters. The molecule has 0 radical (unpaired) electrons. The second-order valence-corrected chi connectivity index (χ2v) is 5.85. The Morgan fingerprint density at radius 3 is 2.87 bits per heavy atom. The van der Waals surface area contributed by atoms with Crippen molar-refractivity contribution in [1.82, 2.24) is 4.90 Å². The summed E-state index contributed by atoms with van der Waals surface area (Å²) in [6.45, 7) is 8.48. The normalized spacial score (nSPS) is 19.7. The number of fused-ring (bicyclic) bond motifs is 1. The first kappa shape index (κ1) is 15.4. The lowest BCUT2D eigenvalue weighted by molar-refractivity contribution is -0.121. The predicted molar refractivity (Wildman–Crippen MR) is 92.5 cm³/mol. The van der Waals surface area contributed by atoms with Crippen molar-refractivity contribution in [1.29, 1.82) is 0 Å². The van der Waals surface area contributed by atoms with E-state index in [-0.39, 0.29) is 12.7 Å². The molecule has 0 saturated carbocycles. The molecule has 1 aromatic rings. The standard InChI is InChI=1S/C17H16N2O3S/c1-3-7-18-17-19(8-4-2)16(20)15(23-17)10-12-5-6-13-14(9-12)22-11-21-13/h3-6,9-10H,1-2,7-8,11H2/b15-10-,18-17?. The third kappa shape index (κ3) is 3.17. The van der Waals surface area contributed by atoms with E-state index in [1.54, 1.807) is 17.1 Å². The number of thioether (sulfide) groups is 1. The molecular formula is C17H16N2O3S. The van der Waals surface area contributed by atoms with Gasteiger partial charge in [-0.25, -0.2) is 0 Å². The maximum atomic E-state index is 12.5. The lowest BCUT2D eigenvalue weighted by Gasteiger charge is -2.12. The Hall–Kier alpha value is -2.47. The molecule has 0 N–H and O–H groups in total. The van der Waals surface area contributed by atoms with E-state index in [2.05, 4.69) is 18.2 Å². The van der Waals surface area contributed by atoms with Gasteiger partial charge >= 0.3 is 0 Å². The van der Waals surface area contributed by atoms with E-state index >= 15 is 0 Å². The number of benzene rings is 1. The van der Waals surface area contributed by atoms with Crippen LogP contribution in [0.15, 0.2) is 53.4 Å². The lowest BCUT2D eigenvalue weighted by Crippen LogP contribution is -2.29. The minimum Gasteiger partial charge on any atom is -0.454 e. The highest BCUT2D eigenvalue weighted by Crippen LogP contribution is 2.36. The molecule has 0 unspecified atom stereocenters. The molecule has 6 heteroatoms. The number of nitrogens with zero attached hydrogens (tertiary/aromatic N) is 2. The van der Waals surface area contributed by atoms with Crippen molar-refractivity contribution < 1.29 is 14.3 Å². The highest BCUT2D eigenvalue weighted by molar-refractivity contribution is 8.18. The SMILES string of the molecule is C=CCN=C1S/C(=C\c2ccc3c(c2)OCO3)C(=O)N1CC=C. The first-order valence-electron chi connectivity index (χ1n) is 7.10. The third-order valence-corrected chi connectivity index (χ3v) is 4.29. The summed E-state index contributed by atoms with van der Waals surface area (Å²) in [6.07, 6.45) is 5.22. The van der Waals surface area contributed by atoms with Crippen LogP contribution in [0.4, 0.5) is 0 Å². The Balaban J connectivity index is 1.88. The second-order valence-electron chi connectivity index (χ2n) is 4.84. The molecule has 3 rings (SSSR count). The molecule has 0 aliphatic carbocycles. The van der Waals surface area contributed by atoms with Gasteiger partial charge in [-0.15, -0.1) is 13.2 Å². The van der Waals surface area contributed by atoms with E-state index in [0.29, 0.717) is 28.9 Å². The summed E-state index contributed by atoms with van der Waals surface area (Å²) in [4.78, 5) is 19.1. The number of hydrogen-bond acceptors (Lipinski definition) is 5. The van der Waals surface area contributed by atoms with Crippen LogP contribution in [0.25, 0.3) is 6.08 Å². The molecule has 2 aliphatic rings. The summed E-state index contributed by atoms with van der Waals surface area (Å²) in [5.41, 5.74) is 0.883. The zero-order valence-corrected chi connectivity index (χ0v) is 13.3. The molecule has 0 aromatic heterocycles. The Morgan fingerprint density at radius 1 is 1.26 bits per heavy atom. The van der Waals surface area contributed by atoms with E-state index in [4.69, 9.17) is 9.47 Å². The van der Waals surface area contributed by atoms with E-state index in [1.165, 1.54) is 11.8 Å². The minimum atomic E-state index is -0.0737. The summed E-state index contributed by atoms with van der Waals surface area (Å²) >= 11 is 1.35. The fourth-order valence-electron chi connectivity index (χ4n) is 2.21. The fourth-order valence-corrected chi connectivity index (χ4v) is 3.21. The monoisotopic (exact) mass is 328 g/mol. The van der Waals surface area contributed by atoms with Gasteiger partial charge < -0.3 is 9.47 Å². The second kappa shape index (κ2) is 6.75. The lowest BCUT2D eigenvalue weighted by atomic mass is 10.2. The summed E-state index contributed by atoms with van der Waals surface area (Å²) in [6, 6.07) is 5.60. The van der Waals surface area contributed by atoms with Crippen molar-refractivity contribution in [2.24, 2.45) is 4.99 Å². The molecule has 2 aliphatic heterocycles. The van der Waals surface area contributed by atoms with Crippen LogP contribution in [0, 0.1) is 0 Å². The largest absolute Gasteiger partial charge is 0.454 e. The molecule has 2 heterocycles. The van der Waals surface area contributed by atoms with E-state index in [0.717, 1.165) is 11.3 Å². The van der Waals surface area contributed by atoms with Crippen LogP contribution in [-0.2, 0) is 4.79 Å². The van der Waals surface area contributed by atoms with Gasteiger partial charge in [-0.3, -0.25) is 14.7 Å². The highest BCUT2D eigenvalue weighted by atomic mass is 32.2. The summed E-state index contributed by atoms with van der Waals surface area (Å²) in [5.74, 6) is 1.34. The molecule has 23 heavy (non-hydrogen) atoms. The van der Waals surface area contributed by atoms with Crippen LogP contribution < -0.4 is 9.47 Å². The minimum absolute atomic E-state index is 0.0737. The van der Waals surface area contributed by atoms with Gasteiger partial charge in [0.25, 0.3) is 5.91 Å². The van der Waals surface area contributed by atoms with Gasteiger partial charge in [0.2, 0.25) is 6.79 Å². The molecule has 1 fully saturated rings. The van der Waals surface area contributed by atoms with Gasteiger partial charge in [0.15, 0.2) is 16.7 Å². The molecule has 118 valence electrons. The van der Waals surface area contributed by atoms with Gasteiger partial charge in [0.05, 0.1) is 11.4 Å². The molecule has 1 aromatic carbocycles. The van der Waals surface area contributed by atoms with Gasteiger partial charge in [-0.1, -0.05) is 18.2 Å². The van der Waals surface area contributed by atoms with E-state index in [9.17, 15) is 4.79 Å². The molecule has 0 spiro atoms. The zero-order valence-electron chi connectivity index (χ0n) is 12.5. The summed E-state index contributed by atoms with van der Waals surface area (Å²) in [5, 5.41) is 0.668. The van der Waals surface area contributed by atoms with Crippen molar-refractivity contribution in [2.75, 3.05) is 19.9 Å². The van der Waals surface area contributed by atoms with Crippen LogP contribution in [-0.4, -0.2) is 35.9 Å². The van der Waals surface area contributed by atoms with Crippen molar-refractivity contribution in [3.05, 3.63) is 54.0 Å². The summed E-state index contributed by atoms with van der Waals surface area (Å²) in [7, 11) is 0. The van der Waals surface area contributed by atoms with E-state index < -0.39 is 0 Å². The molecular weight excluding hydrogens is 312 g/mol. The molecule has 0 bridgehead atoms. The van der Waals surface area contributed by atoms with Crippen molar-refractivity contribution in [3.63, 3.8) is 0 Å². The number of ether oxygens (including phenoxy) is 2. The van der Waals surface area contributed by atoms with Crippen LogP contribution in [0.1, 0.15) is 5.56 Å². The van der Waals surface area contributed by atoms with Crippen molar-refractivity contribution in [3.8, 4) is 11.5 Å². The van der Waals surface area contributed by atoms with Gasteiger partial charge in [0.1, 0.15) is 0 Å². The maximum absolute atomic E-state index is 12.5. The average Bonchev–Trinajstić information content (AvgIpc) is 3.12. The van der Waals surface area contributed by atoms with Crippen LogP contribution in [0.5, 0.6) is 11.5 Å². The number of hydrogen-bond donors (Lipinski definition) is 0.